The second kappa shape index (κ2) is 43.2. The molecule has 33 nitrogen and oxygen atoms in total. The van der Waals surface area contributed by atoms with Crippen molar-refractivity contribution >= 4 is 83.1 Å². The van der Waals surface area contributed by atoms with Crippen LogP contribution in [0.2, 0.25) is 0 Å². The maximum absolute atomic E-state index is 15.0. The number of carbonyl (C=O) groups excluding carboxylic acids is 10. The number of aliphatic carboxylic acids is 1. The zero-order valence-corrected chi connectivity index (χ0v) is 56.5. The van der Waals surface area contributed by atoms with E-state index in [1.165, 1.54) is 0 Å². The van der Waals surface area contributed by atoms with Gasteiger partial charge in [0, 0.05) is 38.3 Å². The maximum atomic E-state index is 15.0. The number of guanidine groups is 3. The van der Waals surface area contributed by atoms with Crippen molar-refractivity contribution in [3.8, 4) is 0 Å². The molecule has 0 radical (unpaired) electrons. The molecule has 0 bridgehead atoms. The Morgan fingerprint density at radius 1 is 0.600 bits per heavy atom. The van der Waals surface area contributed by atoms with Crippen molar-refractivity contribution in [2.45, 2.75) is 236 Å². The van der Waals surface area contributed by atoms with Crippen molar-refractivity contribution in [1.82, 2.24) is 47.5 Å². The Bertz CT molecular complexity index is 2640. The molecule has 2 rings (SSSR count). The molecule has 1 heterocycles. The van der Waals surface area contributed by atoms with Gasteiger partial charge >= 0.3 is 5.97 Å². The number of primary amides is 1. The van der Waals surface area contributed by atoms with Gasteiger partial charge in [-0.25, -0.2) is 5.43 Å². The molecule has 1 fully saturated rings. The molecule has 2 aliphatic rings. The molecule has 26 N–H and O–H groups in total. The third-order valence-electron chi connectivity index (χ3n) is 16.7. The van der Waals surface area contributed by atoms with Gasteiger partial charge in [-0.3, -0.25) is 68.8 Å². The van der Waals surface area contributed by atoms with Crippen LogP contribution in [0, 0.1) is 17.3 Å². The van der Waals surface area contributed by atoms with Crippen molar-refractivity contribution in [2.75, 3.05) is 39.3 Å². The fourth-order valence-electron chi connectivity index (χ4n) is 11.8. The second-order valence-electron chi connectivity index (χ2n) is 26.2. The third-order valence-corrected chi connectivity index (χ3v) is 16.7. The summed E-state index contributed by atoms with van der Waals surface area (Å²) in [6, 6.07) is -12.2. The highest BCUT2D eigenvalue weighted by Gasteiger charge is 2.43. The number of Topliss-reactive ketones (excluding diaryl/α,β-unsaturated/α-hetero) is 2. The highest BCUT2D eigenvalue weighted by atomic mass is 16.4. The van der Waals surface area contributed by atoms with Gasteiger partial charge in [0.05, 0.1) is 43.6 Å². The Kier molecular flexibility index (Phi) is 37.9. The fraction of sp³-hybridized carbons (Fsp3) is 0.742. The number of hydrogen-bond donors (Lipinski definition) is 18. The number of ketones is 2. The summed E-state index contributed by atoms with van der Waals surface area (Å²) in [5.41, 5.74) is 39.9. The third kappa shape index (κ3) is 31.9. The molecule has 7 amide bonds. The summed E-state index contributed by atoms with van der Waals surface area (Å²) in [6.07, 6.45) is 12.6. The first kappa shape index (κ1) is 83.2. The molecule has 1 aliphatic carbocycles. The SMILES string of the molecule is CC(C)CC(NC(=O)[C@H](CCCN=C(N)N)NC(=O)C(CO)NN)C(=O)N[C@@H](CC(=O)O)C(=O)NC(CC(N)=O)C(=O)N[C@@H](CCCN=C(N)N)C(=O)C(=O)[C@H](CCCN=C(N)N)NCC1(C)CCCCCC/C=C/CCCC(C)(N[C@H](C(=O)N2CCC[C@H]2C=O)C(C)C)C1. The number of rotatable bonds is 41. The van der Waals surface area contributed by atoms with Crippen LogP contribution in [0.5, 0.6) is 0 Å². The van der Waals surface area contributed by atoms with E-state index in [0.29, 0.717) is 32.2 Å². The lowest BCUT2D eigenvalue weighted by atomic mass is 9.71. The monoisotopic (exact) mass is 1340 g/mol. The zero-order chi connectivity index (χ0) is 71.4. The Labute approximate surface area is 557 Å². The van der Waals surface area contributed by atoms with Gasteiger partial charge in [-0.05, 0) is 127 Å². The minimum atomic E-state index is -2.00. The van der Waals surface area contributed by atoms with Crippen molar-refractivity contribution in [2.24, 2.45) is 78.2 Å². The molecular weight excluding hydrogens is 1230 g/mol. The van der Waals surface area contributed by atoms with Gasteiger partial charge in [-0.1, -0.05) is 66.0 Å². The minimum absolute atomic E-state index is 0.00411. The first-order chi connectivity index (χ1) is 44.8. The smallest absolute Gasteiger partial charge is 0.305 e. The summed E-state index contributed by atoms with van der Waals surface area (Å²) in [7, 11) is 0. The fourth-order valence-corrected chi connectivity index (χ4v) is 11.8. The van der Waals surface area contributed by atoms with Gasteiger partial charge in [0.2, 0.25) is 52.9 Å². The number of nitrogens with two attached hydrogens (primary N) is 8. The van der Waals surface area contributed by atoms with E-state index in [0.717, 1.165) is 57.7 Å². The second-order valence-corrected chi connectivity index (χ2v) is 26.2. The number of allylic oxidation sites excluding steroid dienone is 2. The van der Waals surface area contributed by atoms with E-state index in [2.05, 4.69) is 83.6 Å². The lowest BCUT2D eigenvalue weighted by Crippen LogP contribution is -2.60. The van der Waals surface area contributed by atoms with E-state index in [1.807, 2.05) is 13.8 Å². The average molecular weight is 1350 g/mol. The van der Waals surface area contributed by atoms with Gasteiger partial charge in [0.25, 0.3) is 0 Å². The molecule has 0 saturated carbocycles. The Balaban J connectivity index is 2.65. The van der Waals surface area contributed by atoms with Gasteiger partial charge in [-0.2, -0.15) is 0 Å². The molecule has 0 spiro atoms. The number of aliphatic hydroxyl groups is 1. The van der Waals surface area contributed by atoms with E-state index in [9.17, 15) is 58.2 Å². The predicted octanol–water partition coefficient (Wildman–Crippen LogP) is -3.07. The summed E-state index contributed by atoms with van der Waals surface area (Å²) < 4.78 is 0. The van der Waals surface area contributed by atoms with Crippen molar-refractivity contribution in [3.05, 3.63) is 12.2 Å². The van der Waals surface area contributed by atoms with Crippen LogP contribution in [0.4, 0.5) is 0 Å². The topological polar surface area (TPSA) is 573 Å². The van der Waals surface area contributed by atoms with Gasteiger partial charge in [0.1, 0.15) is 36.5 Å². The van der Waals surface area contributed by atoms with Crippen LogP contribution in [0.1, 0.15) is 176 Å². The predicted molar refractivity (Wildman–Crippen MR) is 359 cm³/mol. The van der Waals surface area contributed by atoms with E-state index < -0.39 is 138 Å². The first-order valence-corrected chi connectivity index (χ1v) is 33.0. The van der Waals surface area contributed by atoms with Crippen molar-refractivity contribution < 1.29 is 63.0 Å². The van der Waals surface area contributed by atoms with Crippen LogP contribution in [-0.2, 0) is 52.7 Å². The van der Waals surface area contributed by atoms with Gasteiger partial charge in [-0.15, -0.1) is 0 Å². The minimum Gasteiger partial charge on any atom is -0.481 e. The molecule has 5 unspecified atom stereocenters. The number of aliphatic imine (C=N–C) groups is 3. The highest BCUT2D eigenvalue weighted by molar-refractivity contribution is 6.41. The zero-order valence-electron chi connectivity index (χ0n) is 56.5. The lowest BCUT2D eigenvalue weighted by Gasteiger charge is -2.44. The number of nitrogens with one attached hydrogen (secondary N) is 8. The Morgan fingerprint density at radius 3 is 1.59 bits per heavy atom. The molecule has 0 aromatic heterocycles. The summed E-state index contributed by atoms with van der Waals surface area (Å²) in [4.78, 5) is 165. The molecule has 1 aliphatic heterocycles. The van der Waals surface area contributed by atoms with Crippen LogP contribution in [-0.4, -0.2) is 197 Å². The van der Waals surface area contributed by atoms with Crippen LogP contribution in [0.15, 0.2) is 27.1 Å². The number of carboxylic acid groups (broad SMARTS) is 1. The number of aldehydes is 1. The van der Waals surface area contributed by atoms with E-state index in [1.54, 1.807) is 18.7 Å². The van der Waals surface area contributed by atoms with Crippen LogP contribution in [0.3, 0.4) is 0 Å². The van der Waals surface area contributed by atoms with Gasteiger partial charge in [0.15, 0.2) is 17.9 Å². The van der Waals surface area contributed by atoms with Crippen LogP contribution >= 0.6 is 0 Å². The molecular formula is C62H112N20O13. The summed E-state index contributed by atoms with van der Waals surface area (Å²) >= 11 is 0. The summed E-state index contributed by atoms with van der Waals surface area (Å²) in [5, 5.41) is 38.9. The molecule has 538 valence electrons. The number of amides is 7. The van der Waals surface area contributed by atoms with Gasteiger partial charge < -0.3 is 97.3 Å². The average Bonchev–Trinajstić information content (AvgIpc) is 1.67. The molecule has 11 atom stereocenters. The number of nitrogens with zero attached hydrogens (tertiary/aromatic N) is 4. The van der Waals surface area contributed by atoms with E-state index >= 15 is 4.79 Å². The normalized spacial score (nSPS) is 20.7. The molecule has 33 heteroatoms. The van der Waals surface area contributed by atoms with E-state index in [4.69, 9.17) is 46.0 Å². The number of hydrazine groups is 1. The van der Waals surface area contributed by atoms with E-state index in [-0.39, 0.29) is 107 Å². The lowest BCUT2D eigenvalue weighted by molar-refractivity contribution is -0.142. The number of hydrogen-bond acceptors (Lipinski definition) is 19. The van der Waals surface area contributed by atoms with Crippen LogP contribution in [0.25, 0.3) is 0 Å². The molecule has 1 saturated heterocycles. The number of likely N-dealkylation sites (tertiary alicyclic amines) is 1. The molecule has 0 aromatic carbocycles. The standard InChI is InChI=1S/C62H112N20O13/c1-37(2)30-43(77-52(90)42(23-18-28-73-60(68)69)76-56(94)46(34-84)81-70)53(91)79-45(32-48(86)87)55(93)78-44(31-47(63)85)54(92)75-41(22-17-27-72-59(66)67)51(89)50(88)40(21-16-26-71-58(64)65)74-36-61(5)24-14-12-10-8-7-9-11-13-15-25-62(6,35-61)80-49(38(3)4)57(95)82-29-19-20-39(82)33-83/h9,11,33,37-46,49,74,80-81,84H,7-8,10,12-32,34-36,70H2,1-6H3,(H2,63,85)(H,75,92)(H,76,94)(H,77,90)(H,78,93)(H,79,91)(H,86,87)(H4,64,65,71)(H4,66,67,72)(H4,68,69,73)/b11-9+/t39-,40-,41-,42-,43?,44?,45-,46?,49-,61?,62?/m0/s1. The summed E-state index contributed by atoms with van der Waals surface area (Å²) in [6.45, 7) is 11.5. The maximum Gasteiger partial charge on any atom is 0.305 e. The Morgan fingerprint density at radius 2 is 1.07 bits per heavy atom. The summed E-state index contributed by atoms with van der Waals surface area (Å²) in [5.74, 6) is -6.17. The molecule has 0 aromatic rings. The van der Waals surface area contributed by atoms with Crippen LogP contribution < -0.4 is 88.6 Å². The number of carboxylic acids is 1. The number of aliphatic hydroxyl groups excluding tert-OH is 1. The Hall–Kier alpha value is -7.88. The quantitative estimate of drug-likeness (QED) is 0.00422. The van der Waals surface area contributed by atoms with Crippen molar-refractivity contribution in [3.63, 3.8) is 0 Å². The van der Waals surface area contributed by atoms with Crippen molar-refractivity contribution in [1.29, 1.82) is 0 Å². The number of carbonyl (C=O) groups is 11. The largest absolute Gasteiger partial charge is 0.481 e. The highest BCUT2D eigenvalue weighted by Crippen LogP contribution is 2.38. The first-order valence-electron chi connectivity index (χ1n) is 33.0. The molecule has 95 heavy (non-hydrogen) atoms.